The molecule has 1 aromatic heterocycles. The van der Waals surface area contributed by atoms with Gasteiger partial charge in [0.15, 0.2) is 6.61 Å². The summed E-state index contributed by atoms with van der Waals surface area (Å²) in [5, 5.41) is 4.11. The van der Waals surface area contributed by atoms with Crippen molar-refractivity contribution >= 4 is 51.6 Å². The molecule has 0 unspecified atom stereocenters. The Morgan fingerprint density at radius 2 is 1.84 bits per heavy atom. The summed E-state index contributed by atoms with van der Waals surface area (Å²) in [5.41, 5.74) is 9.73. The van der Waals surface area contributed by atoms with E-state index in [0.29, 0.717) is 16.3 Å². The van der Waals surface area contributed by atoms with Gasteiger partial charge in [0.05, 0.1) is 16.8 Å². The van der Waals surface area contributed by atoms with E-state index in [4.69, 9.17) is 10.5 Å². The topological polar surface area (TPSA) is 148 Å². The first kappa shape index (κ1) is 21.5. The fourth-order valence-corrected chi connectivity index (χ4v) is 4.97. The Balaban J connectivity index is 1.35. The van der Waals surface area contributed by atoms with E-state index < -0.39 is 24.4 Å². The Morgan fingerprint density at radius 1 is 1.09 bits per heavy atom. The zero-order chi connectivity index (χ0) is 22.8. The molecule has 1 fully saturated rings. The van der Waals surface area contributed by atoms with Gasteiger partial charge in [-0.2, -0.15) is 0 Å². The van der Waals surface area contributed by atoms with Crippen LogP contribution in [0.2, 0.25) is 0 Å². The maximum absolute atomic E-state index is 12.3. The lowest BCUT2D eigenvalue weighted by Gasteiger charge is -2.27. The molecule has 2 aromatic rings. The lowest BCUT2D eigenvalue weighted by atomic mass is 10.1. The number of anilines is 2. The van der Waals surface area contributed by atoms with Gasteiger partial charge >= 0.3 is 5.97 Å². The molecule has 0 bridgehead atoms. The lowest BCUT2D eigenvalue weighted by molar-refractivity contribution is -0.130. The van der Waals surface area contributed by atoms with Crippen molar-refractivity contribution in [1.82, 2.24) is 5.43 Å². The van der Waals surface area contributed by atoms with Crippen LogP contribution in [0.15, 0.2) is 24.3 Å². The number of amides is 4. The van der Waals surface area contributed by atoms with Crippen LogP contribution >= 0.6 is 11.3 Å². The summed E-state index contributed by atoms with van der Waals surface area (Å²) in [5.74, 6) is -2.44. The number of hydrogen-bond donors (Lipinski definition) is 3. The molecule has 10 nitrogen and oxygen atoms in total. The number of hydrogen-bond acceptors (Lipinski definition) is 7. The van der Waals surface area contributed by atoms with E-state index in [1.54, 1.807) is 0 Å². The number of rotatable bonds is 6. The molecule has 4 amide bonds. The normalized spacial score (nSPS) is 15.2. The number of carbonyl (C=O) groups is 5. The second-order valence-corrected chi connectivity index (χ2v) is 8.47. The van der Waals surface area contributed by atoms with Crippen molar-refractivity contribution in [2.45, 2.75) is 32.1 Å². The van der Waals surface area contributed by atoms with Crippen molar-refractivity contribution < 1.29 is 28.7 Å². The molecule has 1 aliphatic heterocycles. The molecule has 4 rings (SSSR count). The average Bonchev–Trinajstić information content (AvgIpc) is 3.34. The third kappa shape index (κ3) is 4.33. The van der Waals surface area contributed by atoms with Gasteiger partial charge in [0.25, 0.3) is 11.8 Å². The Morgan fingerprint density at radius 3 is 2.56 bits per heavy atom. The first-order chi connectivity index (χ1) is 15.3. The summed E-state index contributed by atoms with van der Waals surface area (Å²) in [6.45, 7) is -0.540. The number of carbonyl (C=O) groups excluding carboxylic acids is 5. The number of nitrogens with zero attached hydrogens (tertiary/aromatic N) is 1. The van der Waals surface area contributed by atoms with E-state index in [-0.39, 0.29) is 30.2 Å². The van der Waals surface area contributed by atoms with E-state index in [0.717, 1.165) is 34.7 Å². The highest BCUT2D eigenvalue weighted by atomic mass is 32.1. The van der Waals surface area contributed by atoms with E-state index in [1.807, 2.05) is 0 Å². The van der Waals surface area contributed by atoms with Crippen LogP contribution in [0.3, 0.4) is 0 Å². The quantitative estimate of drug-likeness (QED) is 0.558. The highest BCUT2D eigenvalue weighted by Crippen LogP contribution is 2.38. The molecule has 4 N–H and O–H groups in total. The third-order valence-electron chi connectivity index (χ3n) is 5.17. The molecular weight excluding hydrogens is 436 g/mol. The smallest absolute Gasteiger partial charge is 0.338 e. The van der Waals surface area contributed by atoms with Gasteiger partial charge < -0.3 is 15.8 Å². The summed E-state index contributed by atoms with van der Waals surface area (Å²) in [4.78, 5) is 60.8. The number of nitrogens with two attached hydrogens (primary N) is 1. The van der Waals surface area contributed by atoms with E-state index in [9.17, 15) is 24.0 Å². The molecule has 2 heterocycles. The predicted molar refractivity (Wildman–Crippen MR) is 115 cm³/mol. The summed E-state index contributed by atoms with van der Waals surface area (Å²) in [6.07, 6.45) is 2.78. The SMILES string of the molecule is NC(=O)c1c(NC(=O)COC(=O)c2ccc(N3NC(=O)CCC3=O)cc2)sc2c1CCC2. The Kier molecular flexibility index (Phi) is 5.91. The molecule has 32 heavy (non-hydrogen) atoms. The monoisotopic (exact) mass is 456 g/mol. The van der Waals surface area contributed by atoms with E-state index in [1.165, 1.54) is 35.6 Å². The number of benzene rings is 1. The Hall–Kier alpha value is -3.73. The van der Waals surface area contributed by atoms with E-state index >= 15 is 0 Å². The van der Waals surface area contributed by atoms with Gasteiger partial charge in [-0.05, 0) is 49.1 Å². The number of thiophene rings is 1. The first-order valence-electron chi connectivity index (χ1n) is 9.97. The fourth-order valence-electron chi connectivity index (χ4n) is 3.66. The van der Waals surface area contributed by atoms with Crippen molar-refractivity contribution in [2.24, 2.45) is 5.73 Å². The maximum atomic E-state index is 12.3. The van der Waals surface area contributed by atoms with Crippen LogP contribution in [0.1, 0.15) is 50.4 Å². The minimum Gasteiger partial charge on any atom is -0.452 e. The van der Waals surface area contributed by atoms with Gasteiger partial charge in [0.2, 0.25) is 11.8 Å². The largest absolute Gasteiger partial charge is 0.452 e. The lowest BCUT2D eigenvalue weighted by Crippen LogP contribution is -2.50. The summed E-state index contributed by atoms with van der Waals surface area (Å²) < 4.78 is 5.05. The molecule has 1 aliphatic carbocycles. The van der Waals surface area contributed by atoms with Gasteiger partial charge in [-0.3, -0.25) is 24.6 Å². The van der Waals surface area contributed by atoms with Crippen LogP contribution in [0.4, 0.5) is 10.7 Å². The number of hydrazine groups is 1. The van der Waals surface area contributed by atoms with Crippen LogP contribution in [-0.4, -0.2) is 36.2 Å². The van der Waals surface area contributed by atoms with Crippen LogP contribution < -0.4 is 21.5 Å². The molecule has 0 radical (unpaired) electrons. The van der Waals surface area contributed by atoms with Crippen molar-refractivity contribution in [3.63, 3.8) is 0 Å². The van der Waals surface area contributed by atoms with Gasteiger partial charge in [0, 0.05) is 17.7 Å². The maximum Gasteiger partial charge on any atom is 0.338 e. The minimum absolute atomic E-state index is 0.107. The van der Waals surface area contributed by atoms with Crippen molar-refractivity contribution in [3.05, 3.63) is 45.8 Å². The Labute approximate surface area is 186 Å². The van der Waals surface area contributed by atoms with Gasteiger partial charge in [-0.15, -0.1) is 11.3 Å². The number of ether oxygens (including phenoxy) is 1. The Bertz CT molecular complexity index is 1120. The molecule has 1 aromatic carbocycles. The second kappa shape index (κ2) is 8.79. The second-order valence-electron chi connectivity index (χ2n) is 7.36. The molecule has 166 valence electrons. The van der Waals surface area contributed by atoms with Gasteiger partial charge in [-0.1, -0.05) is 0 Å². The van der Waals surface area contributed by atoms with Crippen molar-refractivity contribution in [1.29, 1.82) is 0 Å². The van der Waals surface area contributed by atoms with Gasteiger partial charge in [0.1, 0.15) is 5.00 Å². The molecule has 0 atom stereocenters. The summed E-state index contributed by atoms with van der Waals surface area (Å²) in [7, 11) is 0. The number of nitrogens with one attached hydrogen (secondary N) is 2. The zero-order valence-electron chi connectivity index (χ0n) is 16.9. The van der Waals surface area contributed by atoms with Gasteiger partial charge in [-0.25, -0.2) is 9.80 Å². The standard InChI is InChI=1S/C21H20N4O6S/c22-19(29)18-13-2-1-3-14(13)32-20(18)23-16(27)10-31-21(30)11-4-6-12(7-5-11)25-17(28)9-8-15(26)24-25/h4-7H,1-3,8-10H2,(H2,22,29)(H,23,27)(H,24,26). The number of esters is 1. The van der Waals surface area contributed by atoms with Crippen LogP contribution in [0.5, 0.6) is 0 Å². The number of fused-ring (bicyclic) bond motifs is 1. The fraction of sp³-hybridized carbons (Fsp3) is 0.286. The van der Waals surface area contributed by atoms with E-state index in [2.05, 4.69) is 10.7 Å². The van der Waals surface area contributed by atoms with Crippen LogP contribution in [0, 0.1) is 0 Å². The minimum atomic E-state index is -0.732. The average molecular weight is 456 g/mol. The third-order valence-corrected chi connectivity index (χ3v) is 6.38. The number of primary amides is 1. The summed E-state index contributed by atoms with van der Waals surface area (Å²) >= 11 is 1.32. The predicted octanol–water partition coefficient (Wildman–Crippen LogP) is 1.29. The van der Waals surface area contributed by atoms with Crippen molar-refractivity contribution in [2.75, 3.05) is 16.9 Å². The molecule has 0 spiro atoms. The van der Waals surface area contributed by atoms with Crippen LogP contribution in [-0.2, 0) is 32.0 Å². The molecule has 0 saturated carbocycles. The molecule has 11 heteroatoms. The first-order valence-corrected chi connectivity index (χ1v) is 10.8. The zero-order valence-corrected chi connectivity index (χ0v) is 17.8. The molecule has 2 aliphatic rings. The molecule has 1 saturated heterocycles. The highest BCUT2D eigenvalue weighted by molar-refractivity contribution is 7.17. The summed E-state index contributed by atoms with van der Waals surface area (Å²) in [6, 6.07) is 5.84. The van der Waals surface area contributed by atoms with Crippen molar-refractivity contribution in [3.8, 4) is 0 Å². The van der Waals surface area contributed by atoms with Crippen LogP contribution in [0.25, 0.3) is 0 Å². The number of aryl methyl sites for hydroxylation is 1. The molecular formula is C21H20N4O6S. The highest BCUT2D eigenvalue weighted by Gasteiger charge is 2.27.